The Bertz CT molecular complexity index is 1120. The van der Waals surface area contributed by atoms with Crippen LogP contribution in [0.3, 0.4) is 0 Å². The third-order valence-corrected chi connectivity index (χ3v) is 6.24. The van der Waals surface area contributed by atoms with Crippen LogP contribution in [0.5, 0.6) is 11.5 Å². The minimum absolute atomic E-state index is 0.128. The number of nitrogens with one attached hydrogen (secondary N) is 1. The second-order valence-corrected chi connectivity index (χ2v) is 9.01. The van der Waals surface area contributed by atoms with Crippen LogP contribution in [-0.4, -0.2) is 11.7 Å². The van der Waals surface area contributed by atoms with Crippen molar-refractivity contribution in [1.82, 2.24) is 5.32 Å². The zero-order valence-corrected chi connectivity index (χ0v) is 19.9. The van der Waals surface area contributed by atoms with Crippen molar-refractivity contribution in [3.8, 4) is 11.5 Å². The molecule has 1 heterocycles. The van der Waals surface area contributed by atoms with Gasteiger partial charge in [0.1, 0.15) is 17.5 Å². The van der Waals surface area contributed by atoms with Crippen molar-refractivity contribution in [2.24, 2.45) is 0 Å². The maximum atomic E-state index is 10.5. The number of halogens is 3. The third-order valence-electron chi connectivity index (χ3n) is 5.18. The van der Waals surface area contributed by atoms with Crippen LogP contribution >= 0.6 is 39.1 Å². The van der Waals surface area contributed by atoms with E-state index in [1.165, 1.54) is 0 Å². The van der Waals surface area contributed by atoms with Gasteiger partial charge in [-0.1, -0.05) is 39.1 Å². The Morgan fingerprint density at radius 3 is 2.52 bits per heavy atom. The highest BCUT2D eigenvalue weighted by Crippen LogP contribution is 2.33. The molecule has 0 radical (unpaired) electrons. The summed E-state index contributed by atoms with van der Waals surface area (Å²) in [5.41, 5.74) is 3.70. The fraction of sp³-hybridized carbons (Fsp3) is 0.167. The van der Waals surface area contributed by atoms with E-state index in [1.54, 1.807) is 12.1 Å². The van der Waals surface area contributed by atoms with Crippen LogP contribution in [0.2, 0.25) is 10.0 Å². The number of nitrogens with two attached hydrogens (primary N) is 1. The van der Waals surface area contributed by atoms with Gasteiger partial charge in [-0.25, -0.2) is 0 Å². The lowest BCUT2D eigenvalue weighted by molar-refractivity contribution is -0.731. The molecule has 4 rings (SSSR count). The van der Waals surface area contributed by atoms with Crippen molar-refractivity contribution in [3.05, 3.63) is 97.9 Å². The molecule has 2 atom stereocenters. The highest BCUT2D eigenvalue weighted by atomic mass is 79.9. The van der Waals surface area contributed by atoms with E-state index in [-0.39, 0.29) is 18.0 Å². The number of hydrogen-bond acceptors (Lipinski definition) is 3. The molecule has 160 valence electrons. The average molecular weight is 521 g/mol. The Hall–Kier alpha value is -2.18. The van der Waals surface area contributed by atoms with Gasteiger partial charge < -0.3 is 20.5 Å². The molecule has 0 bridgehead atoms. The van der Waals surface area contributed by atoms with E-state index in [0.29, 0.717) is 16.7 Å². The van der Waals surface area contributed by atoms with Gasteiger partial charge in [0.25, 0.3) is 0 Å². The first-order valence-electron chi connectivity index (χ1n) is 9.94. The largest absolute Gasteiger partial charge is 0.507 e. The SMILES string of the molecule is CCOc1ccc(C2=CC(c3cc(Br)ccc3O)[NH2+]C(c3ccc(Cl)cc3Cl)N2)cc1. The van der Waals surface area contributed by atoms with Crippen LogP contribution in [0.1, 0.15) is 35.8 Å². The van der Waals surface area contributed by atoms with Crippen LogP contribution in [0, 0.1) is 0 Å². The maximum absolute atomic E-state index is 10.5. The summed E-state index contributed by atoms with van der Waals surface area (Å²) in [4.78, 5) is 0. The van der Waals surface area contributed by atoms with Gasteiger partial charge in [-0.05, 0) is 73.2 Å². The second-order valence-electron chi connectivity index (χ2n) is 7.25. The second kappa shape index (κ2) is 9.53. The standard InChI is InChI=1S/C24H21BrCl2N2O2/c1-2-31-17-7-3-14(4-8-17)21-13-22(19-11-15(25)5-10-23(19)30)29-24(28-21)18-9-6-16(26)12-20(18)27/h3-13,22,24,28-30H,2H2,1H3/p+1. The summed E-state index contributed by atoms with van der Waals surface area (Å²) < 4.78 is 6.48. The molecular formula is C24H22BrCl2N2O2+. The monoisotopic (exact) mass is 519 g/mol. The van der Waals surface area contributed by atoms with Gasteiger partial charge in [0.05, 0.1) is 17.2 Å². The van der Waals surface area contributed by atoms with E-state index in [4.69, 9.17) is 27.9 Å². The van der Waals surface area contributed by atoms with E-state index in [0.717, 1.165) is 32.6 Å². The van der Waals surface area contributed by atoms with Gasteiger partial charge in [0, 0.05) is 26.8 Å². The van der Waals surface area contributed by atoms with Gasteiger partial charge in [0.2, 0.25) is 0 Å². The average Bonchev–Trinajstić information content (AvgIpc) is 2.76. The van der Waals surface area contributed by atoms with Crippen LogP contribution in [-0.2, 0) is 0 Å². The molecule has 0 spiro atoms. The first-order valence-corrected chi connectivity index (χ1v) is 11.5. The number of phenols is 1. The predicted octanol–water partition coefficient (Wildman–Crippen LogP) is 5.81. The number of benzene rings is 3. The van der Waals surface area contributed by atoms with Gasteiger partial charge in [-0.3, -0.25) is 0 Å². The lowest BCUT2D eigenvalue weighted by Gasteiger charge is -2.30. The first-order chi connectivity index (χ1) is 14.9. The molecule has 3 aromatic carbocycles. The molecule has 0 fully saturated rings. The van der Waals surface area contributed by atoms with Crippen molar-refractivity contribution in [3.63, 3.8) is 0 Å². The highest BCUT2D eigenvalue weighted by Gasteiger charge is 2.30. The van der Waals surface area contributed by atoms with Crippen LogP contribution < -0.4 is 15.4 Å². The van der Waals surface area contributed by atoms with Gasteiger partial charge in [-0.15, -0.1) is 0 Å². The number of hydrogen-bond donors (Lipinski definition) is 3. The van der Waals surface area contributed by atoms with Gasteiger partial charge in [-0.2, -0.15) is 0 Å². The fourth-order valence-corrected chi connectivity index (χ4v) is 4.61. The molecule has 1 aliphatic rings. The number of ether oxygens (including phenoxy) is 1. The van der Waals surface area contributed by atoms with E-state index in [2.05, 4.69) is 32.6 Å². The minimum Gasteiger partial charge on any atom is -0.507 e. The molecule has 0 amide bonds. The number of phenolic OH excluding ortho intramolecular Hbond substituents is 1. The lowest BCUT2D eigenvalue weighted by Crippen LogP contribution is -2.89. The van der Waals surface area contributed by atoms with E-state index in [1.807, 2.05) is 55.5 Å². The Labute approximate surface area is 200 Å². The summed E-state index contributed by atoms with van der Waals surface area (Å²) in [5.74, 6) is 1.07. The van der Waals surface area contributed by atoms with E-state index in [9.17, 15) is 5.11 Å². The summed E-state index contributed by atoms with van der Waals surface area (Å²) in [6, 6.07) is 18.8. The summed E-state index contributed by atoms with van der Waals surface area (Å²) >= 11 is 16.1. The molecule has 0 aliphatic carbocycles. The lowest BCUT2D eigenvalue weighted by atomic mass is 9.98. The van der Waals surface area contributed by atoms with Crippen molar-refractivity contribution in [2.45, 2.75) is 19.1 Å². The smallest absolute Gasteiger partial charge is 0.188 e. The van der Waals surface area contributed by atoms with E-state index < -0.39 is 0 Å². The molecule has 0 saturated carbocycles. The molecule has 0 aromatic heterocycles. The van der Waals surface area contributed by atoms with Crippen molar-refractivity contribution < 1.29 is 15.2 Å². The summed E-state index contributed by atoms with van der Waals surface area (Å²) in [7, 11) is 0. The molecule has 3 aromatic rings. The summed E-state index contributed by atoms with van der Waals surface area (Å²) in [5, 5.41) is 17.4. The number of rotatable bonds is 5. The van der Waals surface area contributed by atoms with Crippen LogP contribution in [0.15, 0.2) is 71.2 Å². The number of quaternary nitrogens is 1. The zero-order valence-electron chi connectivity index (χ0n) is 16.8. The predicted molar refractivity (Wildman–Crippen MR) is 128 cm³/mol. The van der Waals surface area contributed by atoms with Gasteiger partial charge >= 0.3 is 0 Å². The fourth-order valence-electron chi connectivity index (χ4n) is 3.70. The molecule has 2 unspecified atom stereocenters. The third kappa shape index (κ3) is 5.01. The Morgan fingerprint density at radius 1 is 1.03 bits per heavy atom. The minimum atomic E-state index is -0.167. The molecule has 7 heteroatoms. The van der Waals surface area contributed by atoms with Gasteiger partial charge in [0.15, 0.2) is 6.17 Å². The molecular weight excluding hydrogens is 499 g/mol. The maximum Gasteiger partial charge on any atom is 0.188 e. The zero-order chi connectivity index (χ0) is 22.0. The van der Waals surface area contributed by atoms with Crippen molar-refractivity contribution >= 4 is 44.8 Å². The molecule has 31 heavy (non-hydrogen) atoms. The molecule has 0 saturated heterocycles. The number of aromatic hydroxyl groups is 1. The Kier molecular flexibility index (Phi) is 6.77. The Balaban J connectivity index is 1.75. The molecule has 4 nitrogen and oxygen atoms in total. The Morgan fingerprint density at radius 2 is 1.81 bits per heavy atom. The molecule has 4 N–H and O–H groups in total. The molecule has 1 aliphatic heterocycles. The first kappa shape index (κ1) is 22.0. The highest BCUT2D eigenvalue weighted by molar-refractivity contribution is 9.10. The van der Waals surface area contributed by atoms with Crippen molar-refractivity contribution in [1.29, 1.82) is 0 Å². The van der Waals surface area contributed by atoms with Crippen LogP contribution in [0.4, 0.5) is 0 Å². The van der Waals surface area contributed by atoms with E-state index >= 15 is 0 Å². The quantitative estimate of drug-likeness (QED) is 0.398. The van der Waals surface area contributed by atoms with Crippen LogP contribution in [0.25, 0.3) is 5.70 Å². The summed E-state index contributed by atoms with van der Waals surface area (Å²) in [6.45, 7) is 2.58. The topological polar surface area (TPSA) is 58.1 Å². The summed E-state index contributed by atoms with van der Waals surface area (Å²) in [6.07, 6.45) is 1.94. The normalized spacial score (nSPS) is 18.3. The van der Waals surface area contributed by atoms with Crippen molar-refractivity contribution in [2.75, 3.05) is 6.61 Å².